The van der Waals surface area contributed by atoms with E-state index in [1.807, 2.05) is 31.2 Å². The molecule has 1 aromatic rings. The van der Waals surface area contributed by atoms with Gasteiger partial charge in [0.15, 0.2) is 5.41 Å². The van der Waals surface area contributed by atoms with E-state index in [1.165, 1.54) is 0 Å². The molecule has 0 aromatic heterocycles. The highest BCUT2D eigenvalue weighted by atomic mass is 28.2. The lowest BCUT2D eigenvalue weighted by Crippen LogP contribution is -2.42. The standard InChI is InChI=1S/C13H18O3Si/c1-5-11-9-7-8-10-12(11)16-17-13(6-2,14-3)15-4/h5,7-10H,1,6H2,2-4H3. The summed E-state index contributed by atoms with van der Waals surface area (Å²) in [5, 5.41) is 0. The predicted molar refractivity (Wildman–Crippen MR) is 70.0 cm³/mol. The fraction of sp³-hybridized carbons (Fsp3) is 0.385. The number of benzene rings is 1. The second kappa shape index (κ2) is 6.59. The zero-order chi connectivity index (χ0) is 12.7. The van der Waals surface area contributed by atoms with E-state index in [1.54, 1.807) is 20.3 Å². The van der Waals surface area contributed by atoms with Gasteiger partial charge in [-0.05, 0) is 12.5 Å². The molecule has 0 aliphatic heterocycles. The quantitative estimate of drug-likeness (QED) is 0.550. The summed E-state index contributed by atoms with van der Waals surface area (Å²) in [6, 6.07) is 7.75. The van der Waals surface area contributed by atoms with Crippen LogP contribution in [0.5, 0.6) is 5.75 Å². The zero-order valence-electron chi connectivity index (χ0n) is 10.5. The molecule has 0 spiro atoms. The molecule has 4 heteroatoms. The molecule has 0 fully saturated rings. The van der Waals surface area contributed by atoms with Crippen molar-refractivity contribution in [1.29, 1.82) is 0 Å². The maximum atomic E-state index is 5.77. The van der Waals surface area contributed by atoms with Gasteiger partial charge in [0, 0.05) is 19.8 Å². The third-order valence-electron chi connectivity index (χ3n) is 2.58. The first-order chi connectivity index (χ1) is 8.21. The van der Waals surface area contributed by atoms with Gasteiger partial charge in [-0.2, -0.15) is 0 Å². The Balaban J connectivity index is 2.75. The Morgan fingerprint density at radius 2 is 1.94 bits per heavy atom. The molecule has 0 N–H and O–H groups in total. The number of ether oxygens (including phenoxy) is 2. The lowest BCUT2D eigenvalue weighted by Gasteiger charge is -2.27. The van der Waals surface area contributed by atoms with E-state index >= 15 is 0 Å². The molecule has 0 unspecified atom stereocenters. The molecular weight excluding hydrogens is 232 g/mol. The third kappa shape index (κ3) is 3.43. The van der Waals surface area contributed by atoms with Crippen molar-refractivity contribution in [1.82, 2.24) is 0 Å². The number of hydrogen-bond acceptors (Lipinski definition) is 3. The summed E-state index contributed by atoms with van der Waals surface area (Å²) >= 11 is 0. The van der Waals surface area contributed by atoms with Crippen molar-refractivity contribution in [3.05, 3.63) is 36.4 Å². The molecule has 3 nitrogen and oxygen atoms in total. The second-order valence-corrected chi connectivity index (χ2v) is 4.63. The smallest absolute Gasteiger partial charge is 0.381 e. The lowest BCUT2D eigenvalue weighted by atomic mass is 10.2. The molecule has 0 aliphatic rings. The van der Waals surface area contributed by atoms with Crippen molar-refractivity contribution in [2.24, 2.45) is 0 Å². The fourth-order valence-corrected chi connectivity index (χ4v) is 2.16. The minimum Gasteiger partial charge on any atom is -0.535 e. The highest BCUT2D eigenvalue weighted by Crippen LogP contribution is 2.21. The highest BCUT2D eigenvalue weighted by Gasteiger charge is 2.31. The van der Waals surface area contributed by atoms with Crippen LogP contribution in [0.2, 0.25) is 0 Å². The van der Waals surface area contributed by atoms with Crippen molar-refractivity contribution in [3.63, 3.8) is 0 Å². The van der Waals surface area contributed by atoms with Gasteiger partial charge in [-0.3, -0.25) is 0 Å². The Hall–Kier alpha value is -1.10. The van der Waals surface area contributed by atoms with E-state index in [4.69, 9.17) is 13.9 Å². The summed E-state index contributed by atoms with van der Waals surface area (Å²) in [7, 11) is 3.33. The largest absolute Gasteiger partial charge is 0.535 e. The molecule has 1 aromatic carbocycles. The monoisotopic (exact) mass is 250 g/mol. The molecule has 1 rings (SSSR count). The van der Waals surface area contributed by atoms with Gasteiger partial charge in [0.25, 0.3) is 0 Å². The average Bonchev–Trinajstić information content (AvgIpc) is 2.41. The highest BCUT2D eigenvalue weighted by molar-refractivity contribution is 6.32. The van der Waals surface area contributed by atoms with Gasteiger partial charge in [0.2, 0.25) is 0 Å². The predicted octanol–water partition coefficient (Wildman–Crippen LogP) is 2.68. The van der Waals surface area contributed by atoms with Crippen LogP contribution in [0, 0.1) is 0 Å². The van der Waals surface area contributed by atoms with Crippen molar-refractivity contribution in [2.75, 3.05) is 14.2 Å². The summed E-state index contributed by atoms with van der Waals surface area (Å²) in [6.07, 6.45) is 2.50. The first-order valence-corrected chi connectivity index (χ1v) is 6.38. The van der Waals surface area contributed by atoms with Crippen LogP contribution in [0.25, 0.3) is 6.08 Å². The second-order valence-electron chi connectivity index (χ2n) is 3.46. The molecule has 2 radical (unpaired) electrons. The molecule has 0 saturated carbocycles. The van der Waals surface area contributed by atoms with Gasteiger partial charge >= 0.3 is 9.76 Å². The summed E-state index contributed by atoms with van der Waals surface area (Å²) in [4.78, 5) is 0. The molecule has 0 amide bonds. The maximum absolute atomic E-state index is 5.77. The first kappa shape index (κ1) is 14.0. The first-order valence-electron chi connectivity index (χ1n) is 5.47. The summed E-state index contributed by atoms with van der Waals surface area (Å²) in [5.74, 6) is 0.799. The molecule has 0 heterocycles. The SMILES string of the molecule is C=Cc1ccccc1O[Si]C(CC)(OC)OC. The third-order valence-corrected chi connectivity index (χ3v) is 3.98. The van der Waals surface area contributed by atoms with Crippen LogP contribution in [-0.4, -0.2) is 29.4 Å². The normalized spacial score (nSPS) is 11.2. The van der Waals surface area contributed by atoms with Gasteiger partial charge in [-0.1, -0.05) is 37.8 Å². The van der Waals surface area contributed by atoms with Crippen LogP contribution in [-0.2, 0) is 9.47 Å². The van der Waals surface area contributed by atoms with E-state index < -0.39 is 5.41 Å². The Bertz CT molecular complexity index is 353. The van der Waals surface area contributed by atoms with Crippen molar-refractivity contribution in [3.8, 4) is 5.75 Å². The summed E-state index contributed by atoms with van der Waals surface area (Å²) in [6.45, 7) is 5.76. The molecule has 0 bridgehead atoms. The molecule has 0 aliphatic carbocycles. The summed E-state index contributed by atoms with van der Waals surface area (Å²) in [5.41, 5.74) is 0.311. The molecular formula is C13H18O3Si. The number of methoxy groups -OCH3 is 2. The Morgan fingerprint density at radius 3 is 2.47 bits per heavy atom. The van der Waals surface area contributed by atoms with E-state index in [9.17, 15) is 0 Å². The van der Waals surface area contributed by atoms with Crippen molar-refractivity contribution < 1.29 is 13.9 Å². The zero-order valence-corrected chi connectivity index (χ0v) is 11.5. The van der Waals surface area contributed by atoms with Gasteiger partial charge < -0.3 is 13.9 Å². The topological polar surface area (TPSA) is 27.7 Å². The number of para-hydroxylation sites is 1. The molecule has 0 atom stereocenters. The van der Waals surface area contributed by atoms with Gasteiger partial charge in [-0.25, -0.2) is 0 Å². The maximum Gasteiger partial charge on any atom is 0.381 e. The molecule has 0 saturated heterocycles. The summed E-state index contributed by atoms with van der Waals surface area (Å²) < 4.78 is 16.5. The van der Waals surface area contributed by atoms with Crippen molar-refractivity contribution >= 4 is 15.8 Å². The average molecular weight is 250 g/mol. The van der Waals surface area contributed by atoms with Crippen LogP contribution in [0.1, 0.15) is 18.9 Å². The Morgan fingerprint density at radius 1 is 1.29 bits per heavy atom. The minimum atomic E-state index is -0.658. The van der Waals surface area contributed by atoms with E-state index in [2.05, 4.69) is 6.58 Å². The van der Waals surface area contributed by atoms with Crippen LogP contribution in [0.15, 0.2) is 30.8 Å². The fourth-order valence-electron chi connectivity index (χ4n) is 1.40. The number of rotatable bonds is 7. The van der Waals surface area contributed by atoms with Gasteiger partial charge in [0.05, 0.1) is 0 Å². The minimum absolute atomic E-state index is 0.0783. The van der Waals surface area contributed by atoms with E-state index in [-0.39, 0.29) is 9.76 Å². The van der Waals surface area contributed by atoms with Gasteiger partial charge in [-0.15, -0.1) is 0 Å². The van der Waals surface area contributed by atoms with Crippen LogP contribution in [0.4, 0.5) is 0 Å². The lowest BCUT2D eigenvalue weighted by molar-refractivity contribution is -0.150. The van der Waals surface area contributed by atoms with Gasteiger partial charge in [0.1, 0.15) is 5.75 Å². The molecule has 92 valence electrons. The Labute approximate surface area is 105 Å². The van der Waals surface area contributed by atoms with Crippen molar-refractivity contribution in [2.45, 2.75) is 18.8 Å². The molecule has 17 heavy (non-hydrogen) atoms. The van der Waals surface area contributed by atoms with E-state index in [0.717, 1.165) is 17.7 Å². The van der Waals surface area contributed by atoms with Crippen LogP contribution in [0.3, 0.4) is 0 Å². The number of hydrogen-bond donors (Lipinski definition) is 0. The van der Waals surface area contributed by atoms with Crippen LogP contribution < -0.4 is 4.43 Å². The Kier molecular flexibility index (Phi) is 5.41. The van der Waals surface area contributed by atoms with Crippen LogP contribution >= 0.6 is 0 Å². The van der Waals surface area contributed by atoms with E-state index in [0.29, 0.717) is 0 Å².